The van der Waals surface area contributed by atoms with Gasteiger partial charge in [0, 0.05) is 24.5 Å². The second-order valence-electron chi connectivity index (χ2n) is 4.79. The van der Waals surface area contributed by atoms with Crippen molar-refractivity contribution in [2.45, 2.75) is 51.7 Å². The highest BCUT2D eigenvalue weighted by atomic mass is 32.2. The van der Waals surface area contributed by atoms with E-state index in [2.05, 4.69) is 23.9 Å². The molecule has 1 atom stereocenters. The van der Waals surface area contributed by atoms with Crippen LogP contribution in [0.15, 0.2) is 12.4 Å². The summed E-state index contributed by atoms with van der Waals surface area (Å²) in [7, 11) is 0. The lowest BCUT2D eigenvalue weighted by Gasteiger charge is -2.06. The fourth-order valence-electron chi connectivity index (χ4n) is 2.51. The van der Waals surface area contributed by atoms with E-state index in [1.54, 1.807) is 0 Å². The maximum atomic E-state index is 10.0. The number of hydrogen-bond acceptors (Lipinski definition) is 2. The van der Waals surface area contributed by atoms with Crippen LogP contribution in [-0.2, 0) is 13.0 Å². The maximum Gasteiger partial charge on any atom is 0.0807 e. The van der Waals surface area contributed by atoms with Gasteiger partial charge in [-0.1, -0.05) is 13.3 Å². The molecule has 0 fully saturated rings. The molecular weight excluding hydrogens is 230 g/mol. The molecule has 0 bridgehead atoms. The standard InChI is InChI=1S/C14H23NOS/c1-2-17-9-5-8-15-10-12-6-3-4-7-14(16)13(12)11-15/h10-11,14,16H,2-9H2,1H3. The number of hydrogen-bond donors (Lipinski definition) is 1. The summed E-state index contributed by atoms with van der Waals surface area (Å²) in [4.78, 5) is 0. The zero-order valence-electron chi connectivity index (χ0n) is 10.7. The van der Waals surface area contributed by atoms with Crippen LogP contribution in [0.1, 0.15) is 49.8 Å². The Bertz CT molecular complexity index is 348. The average Bonchev–Trinajstić information content (AvgIpc) is 2.66. The Morgan fingerprint density at radius 2 is 2.29 bits per heavy atom. The van der Waals surface area contributed by atoms with Crippen molar-refractivity contribution in [3.05, 3.63) is 23.5 Å². The summed E-state index contributed by atoms with van der Waals surface area (Å²) in [5.74, 6) is 2.45. The average molecular weight is 253 g/mol. The first-order valence-electron chi connectivity index (χ1n) is 6.75. The van der Waals surface area contributed by atoms with Crippen LogP contribution in [0.2, 0.25) is 0 Å². The molecule has 2 rings (SSSR count). The molecule has 0 amide bonds. The quantitative estimate of drug-likeness (QED) is 0.643. The first-order chi connectivity index (χ1) is 8.31. The molecule has 1 aliphatic carbocycles. The van der Waals surface area contributed by atoms with E-state index < -0.39 is 0 Å². The van der Waals surface area contributed by atoms with Crippen LogP contribution in [0.5, 0.6) is 0 Å². The SMILES string of the molecule is CCSCCCn1cc2c(c1)C(O)CCCC2. The van der Waals surface area contributed by atoms with Crippen LogP contribution in [0.25, 0.3) is 0 Å². The van der Waals surface area contributed by atoms with Gasteiger partial charge in [0.05, 0.1) is 6.10 Å². The molecule has 0 aromatic carbocycles. The molecule has 1 N–H and O–H groups in total. The number of nitrogens with zero attached hydrogens (tertiary/aromatic N) is 1. The summed E-state index contributed by atoms with van der Waals surface area (Å²) in [5.41, 5.74) is 2.56. The van der Waals surface area contributed by atoms with Gasteiger partial charge in [-0.05, 0) is 42.8 Å². The molecule has 0 saturated heterocycles. The fourth-order valence-corrected chi connectivity index (χ4v) is 3.14. The lowest BCUT2D eigenvalue weighted by atomic mass is 10.1. The number of aryl methyl sites for hydroxylation is 2. The highest BCUT2D eigenvalue weighted by Gasteiger charge is 2.17. The van der Waals surface area contributed by atoms with Gasteiger partial charge in [0.2, 0.25) is 0 Å². The van der Waals surface area contributed by atoms with E-state index in [4.69, 9.17) is 0 Å². The molecule has 0 saturated carbocycles. The zero-order valence-corrected chi connectivity index (χ0v) is 11.5. The second kappa shape index (κ2) is 6.50. The minimum Gasteiger partial charge on any atom is -0.388 e. The predicted octanol–water partition coefficient (Wildman–Crippen LogP) is 3.39. The molecule has 17 heavy (non-hydrogen) atoms. The van der Waals surface area contributed by atoms with Crippen molar-refractivity contribution in [3.8, 4) is 0 Å². The lowest BCUT2D eigenvalue weighted by molar-refractivity contribution is 0.166. The lowest BCUT2D eigenvalue weighted by Crippen LogP contribution is -1.98. The summed E-state index contributed by atoms with van der Waals surface area (Å²) in [6.07, 6.45) is 9.87. The van der Waals surface area contributed by atoms with Gasteiger partial charge in [-0.25, -0.2) is 0 Å². The molecule has 1 heterocycles. The summed E-state index contributed by atoms with van der Waals surface area (Å²) in [6.45, 7) is 3.30. The fraction of sp³-hybridized carbons (Fsp3) is 0.714. The summed E-state index contributed by atoms with van der Waals surface area (Å²) >= 11 is 2.00. The van der Waals surface area contributed by atoms with Crippen LogP contribution >= 0.6 is 11.8 Å². The van der Waals surface area contributed by atoms with Crippen molar-refractivity contribution in [2.75, 3.05) is 11.5 Å². The van der Waals surface area contributed by atoms with E-state index in [-0.39, 0.29) is 6.10 Å². The molecule has 0 spiro atoms. The number of aromatic nitrogens is 1. The van der Waals surface area contributed by atoms with E-state index in [0.29, 0.717) is 0 Å². The number of aliphatic hydroxyl groups excluding tert-OH is 1. The minimum absolute atomic E-state index is 0.223. The van der Waals surface area contributed by atoms with Gasteiger partial charge in [0.1, 0.15) is 0 Å². The van der Waals surface area contributed by atoms with Gasteiger partial charge in [0.25, 0.3) is 0 Å². The number of fused-ring (bicyclic) bond motifs is 1. The van der Waals surface area contributed by atoms with Crippen LogP contribution in [0.4, 0.5) is 0 Å². The first-order valence-corrected chi connectivity index (χ1v) is 7.91. The van der Waals surface area contributed by atoms with E-state index >= 15 is 0 Å². The monoisotopic (exact) mass is 253 g/mol. The smallest absolute Gasteiger partial charge is 0.0807 e. The van der Waals surface area contributed by atoms with Crippen molar-refractivity contribution < 1.29 is 5.11 Å². The van der Waals surface area contributed by atoms with Crippen LogP contribution in [0, 0.1) is 0 Å². The van der Waals surface area contributed by atoms with Gasteiger partial charge in [-0.15, -0.1) is 0 Å². The molecule has 96 valence electrons. The van der Waals surface area contributed by atoms with Crippen LogP contribution in [-0.4, -0.2) is 21.2 Å². The Labute approximate surface area is 108 Å². The Kier molecular flexibility index (Phi) is 4.99. The third kappa shape index (κ3) is 3.52. The van der Waals surface area contributed by atoms with Gasteiger partial charge in [-0.3, -0.25) is 0 Å². The highest BCUT2D eigenvalue weighted by molar-refractivity contribution is 7.99. The van der Waals surface area contributed by atoms with Crippen molar-refractivity contribution in [1.29, 1.82) is 0 Å². The largest absolute Gasteiger partial charge is 0.388 e. The van der Waals surface area contributed by atoms with Crippen LogP contribution < -0.4 is 0 Å². The third-order valence-corrected chi connectivity index (χ3v) is 4.42. The molecule has 1 aromatic rings. The Balaban J connectivity index is 1.94. The van der Waals surface area contributed by atoms with Crippen molar-refractivity contribution in [2.24, 2.45) is 0 Å². The Morgan fingerprint density at radius 1 is 1.41 bits per heavy atom. The summed E-state index contributed by atoms with van der Waals surface area (Å²) in [5, 5.41) is 10.0. The van der Waals surface area contributed by atoms with Gasteiger partial charge >= 0.3 is 0 Å². The number of thioether (sulfide) groups is 1. The molecule has 1 unspecified atom stereocenters. The molecule has 2 nitrogen and oxygen atoms in total. The topological polar surface area (TPSA) is 25.2 Å². The second-order valence-corrected chi connectivity index (χ2v) is 6.18. The van der Waals surface area contributed by atoms with E-state index in [1.165, 1.54) is 35.5 Å². The molecule has 1 aromatic heterocycles. The third-order valence-electron chi connectivity index (χ3n) is 3.44. The maximum absolute atomic E-state index is 10.0. The van der Waals surface area contributed by atoms with Crippen molar-refractivity contribution >= 4 is 11.8 Å². The van der Waals surface area contributed by atoms with Gasteiger partial charge in [0.15, 0.2) is 0 Å². The molecule has 0 radical (unpaired) electrons. The molecule has 1 aliphatic rings. The summed E-state index contributed by atoms with van der Waals surface area (Å²) < 4.78 is 2.27. The minimum atomic E-state index is -0.223. The predicted molar refractivity (Wildman–Crippen MR) is 74.6 cm³/mol. The van der Waals surface area contributed by atoms with E-state index in [0.717, 1.165) is 25.8 Å². The molecule has 3 heteroatoms. The molecule has 0 aliphatic heterocycles. The Morgan fingerprint density at radius 3 is 3.12 bits per heavy atom. The summed E-state index contributed by atoms with van der Waals surface area (Å²) in [6, 6.07) is 0. The first kappa shape index (κ1) is 13.0. The van der Waals surface area contributed by atoms with Crippen LogP contribution in [0.3, 0.4) is 0 Å². The van der Waals surface area contributed by atoms with Crippen molar-refractivity contribution in [1.82, 2.24) is 4.57 Å². The van der Waals surface area contributed by atoms with E-state index in [1.807, 2.05) is 11.8 Å². The van der Waals surface area contributed by atoms with Gasteiger partial charge in [-0.2, -0.15) is 11.8 Å². The van der Waals surface area contributed by atoms with Crippen molar-refractivity contribution in [3.63, 3.8) is 0 Å². The zero-order chi connectivity index (χ0) is 12.1. The Hall–Kier alpha value is -0.410. The highest BCUT2D eigenvalue weighted by Crippen LogP contribution is 2.29. The number of rotatable bonds is 5. The van der Waals surface area contributed by atoms with Gasteiger partial charge < -0.3 is 9.67 Å². The van der Waals surface area contributed by atoms with E-state index in [9.17, 15) is 5.11 Å². The molecular formula is C14H23NOS. The normalized spacial score (nSPS) is 20.0. The number of aliphatic hydroxyl groups is 1.